The molecule has 1 heterocycles. The quantitative estimate of drug-likeness (QED) is 0.546. The van der Waals surface area contributed by atoms with Gasteiger partial charge in [-0.3, -0.25) is 4.79 Å². The summed E-state index contributed by atoms with van der Waals surface area (Å²) in [4.78, 5) is 28.4. The number of oxazole rings is 1. The van der Waals surface area contributed by atoms with Crippen molar-refractivity contribution in [2.45, 2.75) is 26.9 Å². The number of hydrogen-bond acceptors (Lipinski definition) is 5. The molecule has 3 rings (SSSR count). The third kappa shape index (κ3) is 4.61. The summed E-state index contributed by atoms with van der Waals surface area (Å²) >= 11 is 0. The lowest BCUT2D eigenvalue weighted by Crippen LogP contribution is -2.29. The number of nitrogens with one attached hydrogen (secondary N) is 1. The van der Waals surface area contributed by atoms with E-state index in [0.717, 1.165) is 11.1 Å². The molecule has 0 aliphatic heterocycles. The average molecular weight is 364 g/mol. The van der Waals surface area contributed by atoms with Crippen molar-refractivity contribution in [3.05, 3.63) is 65.6 Å². The van der Waals surface area contributed by atoms with E-state index < -0.39 is 18.0 Å². The predicted octanol–water partition coefficient (Wildman–Crippen LogP) is 4.03. The van der Waals surface area contributed by atoms with E-state index in [9.17, 15) is 9.59 Å². The zero-order valence-corrected chi connectivity index (χ0v) is 15.4. The molecular weight excluding hydrogens is 344 g/mol. The normalized spacial score (nSPS) is 12.3. The van der Waals surface area contributed by atoms with Crippen LogP contribution in [0.1, 0.15) is 23.9 Å². The minimum absolute atomic E-state index is 0.292. The molecule has 0 saturated carbocycles. The lowest BCUT2D eigenvalue weighted by molar-refractivity contribution is -0.148. The largest absolute Gasteiger partial charge is 0.449 e. The number of anilines is 1. The van der Waals surface area contributed by atoms with Crippen LogP contribution in [0.3, 0.4) is 0 Å². The van der Waals surface area contributed by atoms with Crippen molar-refractivity contribution in [2.24, 2.45) is 0 Å². The molecule has 0 bridgehead atoms. The van der Waals surface area contributed by atoms with Gasteiger partial charge in [0.15, 0.2) is 11.7 Å². The van der Waals surface area contributed by atoms with Crippen molar-refractivity contribution < 1.29 is 18.7 Å². The Morgan fingerprint density at radius 2 is 1.96 bits per heavy atom. The minimum atomic E-state index is -0.938. The van der Waals surface area contributed by atoms with E-state index >= 15 is 0 Å². The fourth-order valence-corrected chi connectivity index (χ4v) is 2.56. The van der Waals surface area contributed by atoms with Gasteiger partial charge in [0.1, 0.15) is 5.52 Å². The Kier molecular flexibility index (Phi) is 5.35. The van der Waals surface area contributed by atoms with Crippen molar-refractivity contribution in [1.82, 2.24) is 4.98 Å². The molecule has 6 nitrogen and oxygen atoms in total. The molecule has 0 fully saturated rings. The molecule has 1 aromatic heterocycles. The number of ether oxygens (including phenoxy) is 1. The first-order chi connectivity index (χ1) is 12.9. The van der Waals surface area contributed by atoms with Crippen LogP contribution in [-0.2, 0) is 14.3 Å². The molecule has 1 atom stereocenters. The van der Waals surface area contributed by atoms with E-state index in [1.165, 1.54) is 19.1 Å². The second-order valence-electron chi connectivity index (χ2n) is 6.24. The van der Waals surface area contributed by atoms with Gasteiger partial charge < -0.3 is 14.5 Å². The van der Waals surface area contributed by atoms with Crippen LogP contribution < -0.4 is 5.32 Å². The van der Waals surface area contributed by atoms with Crippen molar-refractivity contribution in [3.63, 3.8) is 0 Å². The highest BCUT2D eigenvalue weighted by Gasteiger charge is 2.17. The molecule has 2 aromatic carbocycles. The number of rotatable bonds is 5. The monoisotopic (exact) mass is 364 g/mol. The molecule has 3 aromatic rings. The molecule has 27 heavy (non-hydrogen) atoms. The number of para-hydroxylation sites is 2. The number of amides is 1. The van der Waals surface area contributed by atoms with E-state index in [4.69, 9.17) is 9.15 Å². The first-order valence-corrected chi connectivity index (χ1v) is 8.55. The van der Waals surface area contributed by atoms with Gasteiger partial charge in [0, 0.05) is 17.8 Å². The van der Waals surface area contributed by atoms with Crippen LogP contribution in [-0.4, -0.2) is 23.0 Å². The summed E-state index contributed by atoms with van der Waals surface area (Å²) in [5.41, 5.74) is 4.07. The van der Waals surface area contributed by atoms with Crippen LogP contribution in [0.25, 0.3) is 17.2 Å². The van der Waals surface area contributed by atoms with E-state index in [2.05, 4.69) is 10.3 Å². The van der Waals surface area contributed by atoms with Crippen LogP contribution in [0.5, 0.6) is 0 Å². The number of fused-ring (bicyclic) bond motifs is 1. The summed E-state index contributed by atoms with van der Waals surface area (Å²) in [6.45, 7) is 5.40. The zero-order valence-electron chi connectivity index (χ0n) is 15.4. The standard InChI is InChI=1S/C21H20N2O4/c1-13-8-9-16(14(2)12-13)23-21(25)15(3)26-20(24)11-10-19-22-17-6-4-5-7-18(17)27-19/h4-12,15H,1-3H3,(H,23,25)/b11-10+/t15-/m1/s1. The molecule has 0 saturated heterocycles. The predicted molar refractivity (Wildman–Crippen MR) is 103 cm³/mol. The number of benzene rings is 2. The minimum Gasteiger partial charge on any atom is -0.449 e. The Hall–Kier alpha value is -3.41. The average Bonchev–Trinajstić information content (AvgIpc) is 3.05. The third-order valence-corrected chi connectivity index (χ3v) is 3.97. The van der Waals surface area contributed by atoms with Gasteiger partial charge in [-0.25, -0.2) is 9.78 Å². The van der Waals surface area contributed by atoms with Gasteiger partial charge in [-0.05, 0) is 44.5 Å². The number of aryl methyl sites for hydroxylation is 2. The summed E-state index contributed by atoms with van der Waals surface area (Å²) < 4.78 is 10.6. The summed E-state index contributed by atoms with van der Waals surface area (Å²) in [5, 5.41) is 2.76. The molecule has 1 amide bonds. The van der Waals surface area contributed by atoms with E-state index in [1.54, 1.807) is 6.07 Å². The van der Waals surface area contributed by atoms with E-state index in [-0.39, 0.29) is 0 Å². The van der Waals surface area contributed by atoms with Crippen molar-refractivity contribution in [3.8, 4) is 0 Å². The fourth-order valence-electron chi connectivity index (χ4n) is 2.56. The molecule has 0 spiro atoms. The van der Waals surface area contributed by atoms with Crippen LogP contribution >= 0.6 is 0 Å². The van der Waals surface area contributed by atoms with Crippen LogP contribution in [0.15, 0.2) is 53.0 Å². The van der Waals surface area contributed by atoms with Gasteiger partial charge in [-0.15, -0.1) is 0 Å². The van der Waals surface area contributed by atoms with Gasteiger partial charge in [0.2, 0.25) is 5.89 Å². The number of carbonyl (C=O) groups excluding carboxylic acids is 2. The maximum absolute atomic E-state index is 12.2. The highest BCUT2D eigenvalue weighted by Crippen LogP contribution is 2.17. The Labute approximate surface area is 156 Å². The SMILES string of the molecule is Cc1ccc(NC(=O)[C@@H](C)OC(=O)/C=C/c2nc3ccccc3o2)c(C)c1. The Morgan fingerprint density at radius 3 is 2.70 bits per heavy atom. The molecule has 0 aliphatic rings. The Balaban J connectivity index is 1.58. The van der Waals surface area contributed by atoms with Gasteiger partial charge in [0.05, 0.1) is 0 Å². The van der Waals surface area contributed by atoms with E-state index in [0.29, 0.717) is 22.7 Å². The van der Waals surface area contributed by atoms with Gasteiger partial charge in [-0.2, -0.15) is 0 Å². The zero-order chi connectivity index (χ0) is 19.4. The summed E-state index contributed by atoms with van der Waals surface area (Å²) in [6, 6.07) is 13.0. The second kappa shape index (κ2) is 7.86. The highest BCUT2D eigenvalue weighted by molar-refractivity contribution is 5.97. The van der Waals surface area contributed by atoms with Crippen molar-refractivity contribution >= 4 is 34.7 Å². The lowest BCUT2D eigenvalue weighted by Gasteiger charge is -2.14. The summed E-state index contributed by atoms with van der Waals surface area (Å²) in [5.74, 6) is -0.758. The molecule has 0 aliphatic carbocycles. The van der Waals surface area contributed by atoms with Crippen LogP contribution in [0, 0.1) is 13.8 Å². The number of esters is 1. The molecule has 0 radical (unpaired) electrons. The molecular formula is C21H20N2O4. The lowest BCUT2D eigenvalue weighted by atomic mass is 10.1. The van der Waals surface area contributed by atoms with E-state index in [1.807, 2.05) is 50.2 Å². The molecule has 1 N–H and O–H groups in total. The van der Waals surface area contributed by atoms with Gasteiger partial charge in [0.25, 0.3) is 5.91 Å². The molecule has 0 unspecified atom stereocenters. The maximum Gasteiger partial charge on any atom is 0.331 e. The van der Waals surface area contributed by atoms with Crippen molar-refractivity contribution in [2.75, 3.05) is 5.32 Å². The smallest absolute Gasteiger partial charge is 0.331 e. The number of nitrogens with zero attached hydrogens (tertiary/aromatic N) is 1. The first kappa shape index (κ1) is 18.4. The van der Waals surface area contributed by atoms with Gasteiger partial charge >= 0.3 is 5.97 Å². The van der Waals surface area contributed by atoms with Gasteiger partial charge in [-0.1, -0.05) is 29.8 Å². The third-order valence-electron chi connectivity index (χ3n) is 3.97. The Morgan fingerprint density at radius 1 is 1.19 bits per heavy atom. The first-order valence-electron chi connectivity index (χ1n) is 8.55. The van der Waals surface area contributed by atoms with Crippen LogP contribution in [0.4, 0.5) is 5.69 Å². The summed E-state index contributed by atoms with van der Waals surface area (Å²) in [6.07, 6.45) is 1.66. The second-order valence-corrected chi connectivity index (χ2v) is 6.24. The summed E-state index contributed by atoms with van der Waals surface area (Å²) in [7, 11) is 0. The molecule has 138 valence electrons. The maximum atomic E-state index is 12.2. The topological polar surface area (TPSA) is 81.4 Å². The van der Waals surface area contributed by atoms with Crippen LogP contribution in [0.2, 0.25) is 0 Å². The molecule has 6 heteroatoms. The Bertz CT molecular complexity index is 987. The number of carbonyl (C=O) groups is 2. The highest BCUT2D eigenvalue weighted by atomic mass is 16.5. The number of aromatic nitrogens is 1. The van der Waals surface area contributed by atoms with Crippen molar-refractivity contribution in [1.29, 1.82) is 0 Å². The fraction of sp³-hybridized carbons (Fsp3) is 0.190. The number of hydrogen-bond donors (Lipinski definition) is 1.